The van der Waals surface area contributed by atoms with Gasteiger partial charge < -0.3 is 14.2 Å². The normalized spacial score (nSPS) is 12.7. The molecule has 6 nitrogen and oxygen atoms in total. The number of hydrogen-bond donors (Lipinski definition) is 0. The van der Waals surface area contributed by atoms with Gasteiger partial charge in [0, 0.05) is 19.3 Å². The summed E-state index contributed by atoms with van der Waals surface area (Å²) in [4.78, 5) is 38.0. The zero-order valence-electron chi connectivity index (χ0n) is 41.1. The summed E-state index contributed by atoms with van der Waals surface area (Å²) in [6.07, 6.45) is 65.6. The second kappa shape index (κ2) is 51.2. The molecular formula is C57H96O6. The highest BCUT2D eigenvalue weighted by atomic mass is 16.6. The lowest BCUT2D eigenvalue weighted by Crippen LogP contribution is -2.30. The zero-order chi connectivity index (χ0) is 45.8. The fourth-order valence-electron chi connectivity index (χ4n) is 6.91. The van der Waals surface area contributed by atoms with Gasteiger partial charge in [-0.15, -0.1) is 0 Å². The molecule has 0 heterocycles. The van der Waals surface area contributed by atoms with E-state index in [1.807, 2.05) is 0 Å². The van der Waals surface area contributed by atoms with Crippen molar-refractivity contribution in [2.45, 2.75) is 245 Å². The summed E-state index contributed by atoms with van der Waals surface area (Å²) in [6.45, 7) is 6.42. The summed E-state index contributed by atoms with van der Waals surface area (Å²) in [5.74, 6) is -0.967. The standard InChI is InChI=1S/C57H96O6/c1-4-7-10-13-16-19-22-25-28-30-32-35-38-41-44-47-50-56(59)62-53-54(52-61-55(58)49-46-43-40-37-34-31-27-24-21-18-15-12-9-6-3)63-57(60)51-48-45-42-39-36-33-29-26-23-20-17-14-11-8-5-2/h8,11,15,17-18,20,24,26-30,36,39,54H,4-7,9-10,12-14,16,19,21-23,25,31-35,37-38,40-53H2,1-3H3/b11-8-,18-15-,20-17-,27-24-,29-26-,30-28-,39-36-. The quantitative estimate of drug-likeness (QED) is 0.0262. The van der Waals surface area contributed by atoms with Gasteiger partial charge in [-0.3, -0.25) is 14.4 Å². The Kier molecular flexibility index (Phi) is 48.5. The maximum absolute atomic E-state index is 12.8. The zero-order valence-corrected chi connectivity index (χ0v) is 41.1. The molecule has 0 radical (unpaired) electrons. The molecule has 360 valence electrons. The Hall–Kier alpha value is -3.41. The summed E-state index contributed by atoms with van der Waals surface area (Å²) in [5, 5.41) is 0. The van der Waals surface area contributed by atoms with E-state index >= 15 is 0 Å². The predicted molar refractivity (Wildman–Crippen MR) is 270 cm³/mol. The summed E-state index contributed by atoms with van der Waals surface area (Å²) in [5.41, 5.74) is 0. The van der Waals surface area contributed by atoms with Crippen LogP contribution in [0.15, 0.2) is 85.1 Å². The van der Waals surface area contributed by atoms with E-state index < -0.39 is 6.10 Å². The Labute approximate surface area is 388 Å². The first-order chi connectivity index (χ1) is 31.0. The molecule has 0 aromatic heterocycles. The maximum Gasteiger partial charge on any atom is 0.306 e. The number of esters is 3. The SMILES string of the molecule is CC/C=C\C/C=C\C/C=C\C/C=C\CCCCC(=O)OC(COC(=O)CCCCCCC/C=C\C/C=C\CCCC)COC(=O)CCCCCCC/C=C\CCCCCCCCC. The van der Waals surface area contributed by atoms with Crippen molar-refractivity contribution in [2.24, 2.45) is 0 Å². The molecule has 0 aromatic rings. The Morgan fingerprint density at radius 3 is 1.06 bits per heavy atom. The molecule has 1 atom stereocenters. The molecule has 0 aliphatic heterocycles. The Morgan fingerprint density at radius 2 is 0.635 bits per heavy atom. The minimum absolute atomic E-state index is 0.103. The van der Waals surface area contributed by atoms with E-state index in [-0.39, 0.29) is 37.5 Å². The van der Waals surface area contributed by atoms with Crippen molar-refractivity contribution in [2.75, 3.05) is 13.2 Å². The molecule has 0 rings (SSSR count). The molecule has 0 N–H and O–H groups in total. The van der Waals surface area contributed by atoms with E-state index in [2.05, 4.69) is 106 Å². The fraction of sp³-hybridized carbons (Fsp3) is 0.702. The number of ether oxygens (including phenoxy) is 3. The number of unbranched alkanes of at least 4 members (excludes halogenated alkanes) is 21. The second-order valence-electron chi connectivity index (χ2n) is 17.0. The smallest absolute Gasteiger partial charge is 0.306 e. The maximum atomic E-state index is 12.8. The van der Waals surface area contributed by atoms with Crippen LogP contribution in [0.5, 0.6) is 0 Å². The number of allylic oxidation sites excluding steroid dienone is 14. The number of hydrogen-bond acceptors (Lipinski definition) is 6. The molecular weight excluding hydrogens is 781 g/mol. The largest absolute Gasteiger partial charge is 0.462 e. The highest BCUT2D eigenvalue weighted by Gasteiger charge is 2.19. The average Bonchev–Trinajstić information content (AvgIpc) is 3.28. The van der Waals surface area contributed by atoms with Crippen LogP contribution in [0, 0.1) is 0 Å². The van der Waals surface area contributed by atoms with Gasteiger partial charge in [-0.2, -0.15) is 0 Å². The Bertz CT molecular complexity index is 1240. The van der Waals surface area contributed by atoms with Crippen molar-refractivity contribution < 1.29 is 28.6 Å². The molecule has 6 heteroatoms. The molecule has 0 saturated heterocycles. The first-order valence-corrected chi connectivity index (χ1v) is 26.1. The molecule has 0 bridgehead atoms. The molecule has 0 aliphatic rings. The summed E-state index contributed by atoms with van der Waals surface area (Å²) < 4.78 is 16.7. The third kappa shape index (κ3) is 49.5. The number of rotatable bonds is 46. The van der Waals surface area contributed by atoms with Gasteiger partial charge >= 0.3 is 17.9 Å². The van der Waals surface area contributed by atoms with Crippen LogP contribution in [-0.4, -0.2) is 37.2 Å². The van der Waals surface area contributed by atoms with E-state index in [4.69, 9.17) is 14.2 Å². The topological polar surface area (TPSA) is 78.9 Å². The van der Waals surface area contributed by atoms with E-state index in [9.17, 15) is 14.4 Å². The van der Waals surface area contributed by atoms with Crippen LogP contribution >= 0.6 is 0 Å². The molecule has 0 spiro atoms. The van der Waals surface area contributed by atoms with Crippen molar-refractivity contribution in [3.05, 3.63) is 85.1 Å². The van der Waals surface area contributed by atoms with Gasteiger partial charge in [0.2, 0.25) is 0 Å². The van der Waals surface area contributed by atoms with E-state index in [0.717, 1.165) is 109 Å². The van der Waals surface area contributed by atoms with Crippen molar-refractivity contribution in [3.8, 4) is 0 Å². The molecule has 1 unspecified atom stereocenters. The van der Waals surface area contributed by atoms with Crippen molar-refractivity contribution >= 4 is 17.9 Å². The second-order valence-corrected chi connectivity index (χ2v) is 17.0. The van der Waals surface area contributed by atoms with Gasteiger partial charge in [-0.05, 0) is 109 Å². The average molecular weight is 877 g/mol. The molecule has 0 aliphatic carbocycles. The van der Waals surface area contributed by atoms with Gasteiger partial charge in [0.25, 0.3) is 0 Å². The minimum Gasteiger partial charge on any atom is -0.462 e. The van der Waals surface area contributed by atoms with Crippen LogP contribution in [-0.2, 0) is 28.6 Å². The molecule has 0 fully saturated rings. The molecule has 0 saturated carbocycles. The van der Waals surface area contributed by atoms with E-state index in [1.165, 1.54) is 83.5 Å². The van der Waals surface area contributed by atoms with Crippen LogP contribution in [0.25, 0.3) is 0 Å². The molecule has 0 amide bonds. The van der Waals surface area contributed by atoms with Gasteiger partial charge in [0.1, 0.15) is 13.2 Å². The van der Waals surface area contributed by atoms with Gasteiger partial charge in [0.05, 0.1) is 0 Å². The van der Waals surface area contributed by atoms with Crippen molar-refractivity contribution in [1.82, 2.24) is 0 Å². The highest BCUT2D eigenvalue weighted by molar-refractivity contribution is 5.71. The first-order valence-electron chi connectivity index (χ1n) is 26.1. The van der Waals surface area contributed by atoms with Crippen LogP contribution in [0.3, 0.4) is 0 Å². The first kappa shape index (κ1) is 59.6. The monoisotopic (exact) mass is 877 g/mol. The number of carbonyl (C=O) groups excluding carboxylic acids is 3. The third-order valence-corrected chi connectivity index (χ3v) is 10.9. The fourth-order valence-corrected chi connectivity index (χ4v) is 6.91. The lowest BCUT2D eigenvalue weighted by molar-refractivity contribution is -0.167. The van der Waals surface area contributed by atoms with Crippen LogP contribution in [0.4, 0.5) is 0 Å². The summed E-state index contributed by atoms with van der Waals surface area (Å²) >= 11 is 0. The van der Waals surface area contributed by atoms with E-state index in [1.54, 1.807) is 0 Å². The van der Waals surface area contributed by atoms with Crippen LogP contribution < -0.4 is 0 Å². The highest BCUT2D eigenvalue weighted by Crippen LogP contribution is 2.13. The van der Waals surface area contributed by atoms with Crippen molar-refractivity contribution in [1.29, 1.82) is 0 Å². The minimum atomic E-state index is -0.807. The van der Waals surface area contributed by atoms with Gasteiger partial charge in [-0.25, -0.2) is 0 Å². The van der Waals surface area contributed by atoms with E-state index in [0.29, 0.717) is 19.3 Å². The third-order valence-electron chi connectivity index (χ3n) is 10.9. The molecule has 63 heavy (non-hydrogen) atoms. The predicted octanol–water partition coefficient (Wildman–Crippen LogP) is 17.2. The van der Waals surface area contributed by atoms with Crippen LogP contribution in [0.2, 0.25) is 0 Å². The lowest BCUT2D eigenvalue weighted by Gasteiger charge is -2.18. The Balaban J connectivity index is 4.49. The van der Waals surface area contributed by atoms with Gasteiger partial charge in [-0.1, -0.05) is 196 Å². The van der Waals surface area contributed by atoms with Crippen LogP contribution in [0.1, 0.15) is 239 Å². The van der Waals surface area contributed by atoms with Gasteiger partial charge in [0.15, 0.2) is 6.10 Å². The Morgan fingerprint density at radius 1 is 0.333 bits per heavy atom. The number of carbonyl (C=O) groups is 3. The summed E-state index contributed by atoms with van der Waals surface area (Å²) in [7, 11) is 0. The summed E-state index contributed by atoms with van der Waals surface area (Å²) in [6, 6.07) is 0. The lowest BCUT2D eigenvalue weighted by atomic mass is 10.1. The van der Waals surface area contributed by atoms with Crippen molar-refractivity contribution in [3.63, 3.8) is 0 Å². The molecule has 0 aromatic carbocycles.